The van der Waals surface area contributed by atoms with Crippen LogP contribution in [0.3, 0.4) is 0 Å². The summed E-state index contributed by atoms with van der Waals surface area (Å²) >= 11 is 0. The van der Waals surface area contributed by atoms with E-state index in [0.717, 1.165) is 5.56 Å². The molecule has 1 rings (SSSR count). The van der Waals surface area contributed by atoms with Crippen molar-refractivity contribution < 1.29 is 14.3 Å². The molecule has 0 aromatic heterocycles. The number of benzene rings is 1. The van der Waals surface area contributed by atoms with Crippen LogP contribution in [0.2, 0.25) is 0 Å². The molecule has 0 aliphatic rings. The first-order valence-electron chi connectivity index (χ1n) is 5.89. The van der Waals surface area contributed by atoms with E-state index >= 15 is 0 Å². The Hall–Kier alpha value is -1.81. The molecule has 0 saturated heterocycles. The zero-order chi connectivity index (χ0) is 13.2. The Balaban J connectivity index is 2.16. The number of carbonyl (C=O) groups excluding carboxylic acids is 1. The molecule has 0 aliphatic heterocycles. The van der Waals surface area contributed by atoms with E-state index in [-0.39, 0.29) is 12.7 Å². The second kappa shape index (κ2) is 8.31. The highest BCUT2D eigenvalue weighted by Gasteiger charge is 2.06. The summed E-state index contributed by atoms with van der Waals surface area (Å²) in [5.41, 5.74) is 0.962. The van der Waals surface area contributed by atoms with Gasteiger partial charge in [-0.1, -0.05) is 36.4 Å². The van der Waals surface area contributed by atoms with Gasteiger partial charge in [0.05, 0.1) is 12.7 Å². The summed E-state index contributed by atoms with van der Waals surface area (Å²) < 4.78 is 10.4. The molecule has 0 bridgehead atoms. The number of ether oxygens (including phenoxy) is 2. The number of rotatable bonds is 7. The van der Waals surface area contributed by atoms with Crippen molar-refractivity contribution in [1.29, 1.82) is 0 Å². The van der Waals surface area contributed by atoms with Crippen LogP contribution < -0.4 is 5.32 Å². The monoisotopic (exact) mass is 249 g/mol. The minimum absolute atomic E-state index is 0.0627. The molecule has 4 heteroatoms. The number of hydrogen-bond donors (Lipinski definition) is 1. The number of alkyl carbamates (subject to hydrolysis) is 1. The van der Waals surface area contributed by atoms with E-state index in [9.17, 15) is 4.79 Å². The maximum atomic E-state index is 11.4. The fourth-order valence-corrected chi connectivity index (χ4v) is 1.29. The lowest BCUT2D eigenvalue weighted by Gasteiger charge is -2.12. The molecule has 0 spiro atoms. The molecule has 18 heavy (non-hydrogen) atoms. The summed E-state index contributed by atoms with van der Waals surface area (Å²) in [6.07, 6.45) is 1.17. The second-order valence-electron chi connectivity index (χ2n) is 3.88. The number of nitrogens with one attached hydrogen (secondary N) is 1. The van der Waals surface area contributed by atoms with Crippen LogP contribution in [0, 0.1) is 0 Å². The Morgan fingerprint density at radius 3 is 2.83 bits per heavy atom. The van der Waals surface area contributed by atoms with E-state index in [1.807, 2.05) is 37.3 Å². The van der Waals surface area contributed by atoms with Crippen LogP contribution in [0.4, 0.5) is 4.79 Å². The molecule has 1 unspecified atom stereocenters. The van der Waals surface area contributed by atoms with Crippen molar-refractivity contribution in [3.63, 3.8) is 0 Å². The van der Waals surface area contributed by atoms with Crippen LogP contribution in [0.1, 0.15) is 12.5 Å². The van der Waals surface area contributed by atoms with E-state index in [1.165, 1.54) is 0 Å². The number of amides is 1. The molecule has 4 nitrogen and oxygen atoms in total. The highest BCUT2D eigenvalue weighted by molar-refractivity contribution is 5.67. The van der Waals surface area contributed by atoms with Gasteiger partial charge < -0.3 is 14.8 Å². The summed E-state index contributed by atoms with van der Waals surface area (Å²) in [7, 11) is 0. The van der Waals surface area contributed by atoms with Gasteiger partial charge >= 0.3 is 6.09 Å². The van der Waals surface area contributed by atoms with Crippen LogP contribution in [-0.2, 0) is 16.1 Å². The van der Waals surface area contributed by atoms with Crippen molar-refractivity contribution in [1.82, 2.24) is 5.32 Å². The van der Waals surface area contributed by atoms with Crippen molar-refractivity contribution in [2.75, 3.05) is 13.2 Å². The average Bonchev–Trinajstić information content (AvgIpc) is 2.41. The van der Waals surface area contributed by atoms with E-state index in [0.29, 0.717) is 13.2 Å². The van der Waals surface area contributed by atoms with Crippen molar-refractivity contribution >= 4 is 6.09 Å². The smallest absolute Gasteiger partial charge is 0.407 e. The van der Waals surface area contributed by atoms with Gasteiger partial charge in [-0.15, -0.1) is 6.58 Å². The molecule has 0 saturated carbocycles. The zero-order valence-electron chi connectivity index (χ0n) is 10.6. The van der Waals surface area contributed by atoms with Gasteiger partial charge in [0.15, 0.2) is 0 Å². The zero-order valence-corrected chi connectivity index (χ0v) is 10.6. The maximum Gasteiger partial charge on any atom is 0.407 e. The van der Waals surface area contributed by atoms with Crippen molar-refractivity contribution in [3.8, 4) is 0 Å². The van der Waals surface area contributed by atoms with Crippen LogP contribution in [0.5, 0.6) is 0 Å². The van der Waals surface area contributed by atoms with Crippen molar-refractivity contribution in [3.05, 3.63) is 48.6 Å². The molecular formula is C14H19NO3. The third kappa shape index (κ3) is 6.06. The molecular weight excluding hydrogens is 230 g/mol. The third-order valence-corrected chi connectivity index (χ3v) is 2.25. The van der Waals surface area contributed by atoms with E-state index in [1.54, 1.807) is 6.08 Å². The van der Waals surface area contributed by atoms with Gasteiger partial charge in [-0.25, -0.2) is 4.79 Å². The van der Waals surface area contributed by atoms with Gasteiger partial charge in [-0.05, 0) is 12.5 Å². The molecule has 1 aromatic rings. The highest BCUT2D eigenvalue weighted by Crippen LogP contribution is 2.00. The van der Waals surface area contributed by atoms with Gasteiger partial charge in [-0.2, -0.15) is 0 Å². The first-order valence-corrected chi connectivity index (χ1v) is 5.89. The fourth-order valence-electron chi connectivity index (χ4n) is 1.29. The van der Waals surface area contributed by atoms with Gasteiger partial charge in [0.25, 0.3) is 0 Å². The maximum absolute atomic E-state index is 11.4. The van der Waals surface area contributed by atoms with Crippen molar-refractivity contribution in [2.45, 2.75) is 19.6 Å². The van der Waals surface area contributed by atoms with E-state index in [4.69, 9.17) is 9.47 Å². The lowest BCUT2D eigenvalue weighted by Crippen LogP contribution is -2.32. The molecule has 0 aliphatic carbocycles. The van der Waals surface area contributed by atoms with Crippen LogP contribution in [-0.4, -0.2) is 25.3 Å². The summed E-state index contributed by atoms with van der Waals surface area (Å²) in [6, 6.07) is 9.54. The Morgan fingerprint density at radius 1 is 1.44 bits per heavy atom. The molecule has 1 atom stereocenters. The second-order valence-corrected chi connectivity index (χ2v) is 3.88. The summed E-state index contributed by atoms with van der Waals surface area (Å²) in [4.78, 5) is 11.4. The van der Waals surface area contributed by atoms with Gasteiger partial charge in [-0.3, -0.25) is 0 Å². The Kier molecular flexibility index (Phi) is 6.58. The Bertz CT molecular complexity index is 365. The summed E-state index contributed by atoms with van der Waals surface area (Å²) in [6.45, 7) is 6.59. The standard InChI is InChI=1S/C14H19NO3/c1-3-9-17-12(2)10-15-14(16)18-11-13-7-5-4-6-8-13/h3-8,12H,1,9-11H2,2H3,(H,15,16). The predicted octanol–water partition coefficient (Wildman–Crippen LogP) is 2.50. The van der Waals surface area contributed by atoms with Crippen LogP contribution >= 0.6 is 0 Å². The minimum atomic E-state index is -0.437. The number of hydrogen-bond acceptors (Lipinski definition) is 3. The molecule has 1 amide bonds. The first kappa shape index (κ1) is 14.3. The minimum Gasteiger partial charge on any atom is -0.445 e. The normalized spacial score (nSPS) is 11.6. The molecule has 0 fully saturated rings. The number of carbonyl (C=O) groups is 1. The average molecular weight is 249 g/mol. The van der Waals surface area contributed by atoms with Gasteiger partial charge in [0.1, 0.15) is 6.61 Å². The fraction of sp³-hybridized carbons (Fsp3) is 0.357. The predicted molar refractivity (Wildman–Crippen MR) is 70.2 cm³/mol. The van der Waals surface area contributed by atoms with Crippen LogP contribution in [0.25, 0.3) is 0 Å². The topological polar surface area (TPSA) is 47.6 Å². The molecule has 98 valence electrons. The van der Waals surface area contributed by atoms with Gasteiger partial charge in [0, 0.05) is 6.54 Å². The molecule has 1 aromatic carbocycles. The SMILES string of the molecule is C=CCOC(C)CNC(=O)OCc1ccccc1. The van der Waals surface area contributed by atoms with Crippen LogP contribution in [0.15, 0.2) is 43.0 Å². The molecule has 0 radical (unpaired) electrons. The lowest BCUT2D eigenvalue weighted by molar-refractivity contribution is 0.0821. The Morgan fingerprint density at radius 2 is 2.17 bits per heavy atom. The van der Waals surface area contributed by atoms with E-state index in [2.05, 4.69) is 11.9 Å². The quantitative estimate of drug-likeness (QED) is 0.755. The lowest BCUT2D eigenvalue weighted by atomic mass is 10.2. The van der Waals surface area contributed by atoms with Crippen molar-refractivity contribution in [2.24, 2.45) is 0 Å². The Labute approximate surface area is 108 Å². The van der Waals surface area contributed by atoms with Gasteiger partial charge in [0.2, 0.25) is 0 Å². The molecule has 0 heterocycles. The molecule has 1 N–H and O–H groups in total. The first-order chi connectivity index (χ1) is 8.72. The summed E-state index contributed by atoms with van der Waals surface area (Å²) in [5, 5.41) is 2.64. The third-order valence-electron chi connectivity index (χ3n) is 2.25. The highest BCUT2D eigenvalue weighted by atomic mass is 16.5. The van der Waals surface area contributed by atoms with E-state index < -0.39 is 6.09 Å². The summed E-state index contributed by atoms with van der Waals surface area (Å²) in [5.74, 6) is 0. The largest absolute Gasteiger partial charge is 0.445 e.